The summed E-state index contributed by atoms with van der Waals surface area (Å²) in [4.78, 5) is 17.9. The summed E-state index contributed by atoms with van der Waals surface area (Å²) in [6.07, 6.45) is 6.17. The molecular weight excluding hydrogens is 372 g/mol. The first-order valence-corrected chi connectivity index (χ1v) is 10.3. The van der Waals surface area contributed by atoms with Gasteiger partial charge in [-0.3, -0.25) is 14.5 Å². The Morgan fingerprint density at radius 1 is 1.10 bits per heavy atom. The number of aromatic nitrogens is 3. The van der Waals surface area contributed by atoms with Gasteiger partial charge in [-0.05, 0) is 49.1 Å². The molecule has 5 rings (SSSR count). The van der Waals surface area contributed by atoms with E-state index in [9.17, 15) is 4.79 Å². The average molecular weight is 396 g/mol. The Morgan fingerprint density at radius 3 is 2.60 bits per heavy atom. The number of nitrogens with zero attached hydrogens (tertiary/aromatic N) is 3. The number of rotatable bonds is 5. The first kappa shape index (κ1) is 18.6. The van der Waals surface area contributed by atoms with Crippen LogP contribution in [0.4, 0.5) is 0 Å². The van der Waals surface area contributed by atoms with E-state index in [2.05, 4.69) is 34.7 Å². The Kier molecular flexibility index (Phi) is 4.58. The molecule has 150 valence electrons. The predicted molar refractivity (Wildman–Crippen MR) is 118 cm³/mol. The van der Waals surface area contributed by atoms with Crippen LogP contribution in [0.25, 0.3) is 22.0 Å². The molecule has 0 radical (unpaired) electrons. The van der Waals surface area contributed by atoms with Crippen molar-refractivity contribution in [2.75, 3.05) is 0 Å². The molecule has 0 saturated heterocycles. The van der Waals surface area contributed by atoms with Gasteiger partial charge in [0, 0.05) is 42.4 Å². The van der Waals surface area contributed by atoms with Gasteiger partial charge in [-0.1, -0.05) is 35.9 Å². The third-order valence-corrected chi connectivity index (χ3v) is 5.67. The van der Waals surface area contributed by atoms with E-state index in [1.807, 2.05) is 50.6 Å². The zero-order valence-corrected chi connectivity index (χ0v) is 17.2. The van der Waals surface area contributed by atoms with E-state index < -0.39 is 0 Å². The lowest BCUT2D eigenvalue weighted by Gasteiger charge is -2.11. The van der Waals surface area contributed by atoms with E-state index in [-0.39, 0.29) is 5.91 Å². The Labute approximate surface area is 175 Å². The smallest absolute Gasteiger partial charge is 0.252 e. The van der Waals surface area contributed by atoms with Crippen molar-refractivity contribution >= 4 is 16.8 Å². The first-order chi connectivity index (χ1) is 14.6. The largest absolute Gasteiger partial charge is 0.348 e. The van der Waals surface area contributed by atoms with Crippen LogP contribution >= 0.6 is 0 Å². The SMILES string of the molecule is Cc1ccc2nc(C3CC3)cc(C(=O)NCc3ccc(-c4cnn(C)c4)cc3)c2c1. The third kappa shape index (κ3) is 3.71. The van der Waals surface area contributed by atoms with Crippen LogP contribution < -0.4 is 5.32 Å². The molecule has 5 nitrogen and oxygen atoms in total. The van der Waals surface area contributed by atoms with Crippen LogP contribution in [0.2, 0.25) is 0 Å². The van der Waals surface area contributed by atoms with Gasteiger partial charge in [0.15, 0.2) is 0 Å². The summed E-state index contributed by atoms with van der Waals surface area (Å²) in [5.74, 6) is 0.452. The Balaban J connectivity index is 1.36. The van der Waals surface area contributed by atoms with E-state index in [0.717, 1.165) is 57.3 Å². The lowest BCUT2D eigenvalue weighted by Crippen LogP contribution is -2.23. The molecule has 1 amide bonds. The lowest BCUT2D eigenvalue weighted by atomic mass is 10.0. The number of pyridine rings is 1. The maximum absolute atomic E-state index is 13.1. The average Bonchev–Trinajstić information content (AvgIpc) is 3.52. The second kappa shape index (κ2) is 7.41. The number of carbonyl (C=O) groups is 1. The van der Waals surface area contributed by atoms with Crippen molar-refractivity contribution in [3.63, 3.8) is 0 Å². The second-order valence-corrected chi connectivity index (χ2v) is 8.17. The van der Waals surface area contributed by atoms with E-state index in [4.69, 9.17) is 4.98 Å². The Bertz CT molecular complexity index is 1240. The summed E-state index contributed by atoms with van der Waals surface area (Å²) in [5, 5.41) is 8.23. The lowest BCUT2D eigenvalue weighted by molar-refractivity contribution is 0.0952. The topological polar surface area (TPSA) is 59.8 Å². The van der Waals surface area contributed by atoms with Crippen molar-refractivity contribution in [2.24, 2.45) is 7.05 Å². The van der Waals surface area contributed by atoms with Crippen LogP contribution in [0.5, 0.6) is 0 Å². The van der Waals surface area contributed by atoms with Gasteiger partial charge < -0.3 is 5.32 Å². The predicted octanol–water partition coefficient (Wildman–Crippen LogP) is 4.75. The highest BCUT2D eigenvalue weighted by atomic mass is 16.1. The first-order valence-electron chi connectivity index (χ1n) is 10.3. The van der Waals surface area contributed by atoms with Gasteiger partial charge in [-0.2, -0.15) is 5.10 Å². The summed E-state index contributed by atoms with van der Waals surface area (Å²) in [7, 11) is 1.91. The van der Waals surface area contributed by atoms with Crippen LogP contribution in [0.3, 0.4) is 0 Å². The summed E-state index contributed by atoms with van der Waals surface area (Å²) in [6, 6.07) is 16.3. The molecule has 2 aromatic carbocycles. The van der Waals surface area contributed by atoms with Crippen molar-refractivity contribution in [2.45, 2.75) is 32.2 Å². The van der Waals surface area contributed by atoms with E-state index >= 15 is 0 Å². The molecule has 4 aromatic rings. The highest BCUT2D eigenvalue weighted by Crippen LogP contribution is 2.40. The van der Waals surface area contributed by atoms with Gasteiger partial charge in [-0.25, -0.2) is 0 Å². The molecule has 0 bridgehead atoms. The monoisotopic (exact) mass is 396 g/mol. The number of benzene rings is 2. The van der Waals surface area contributed by atoms with Crippen molar-refractivity contribution in [1.82, 2.24) is 20.1 Å². The zero-order chi connectivity index (χ0) is 20.7. The van der Waals surface area contributed by atoms with E-state index in [0.29, 0.717) is 12.5 Å². The Hall–Kier alpha value is -3.47. The fourth-order valence-electron chi connectivity index (χ4n) is 3.80. The molecule has 0 unspecified atom stereocenters. The quantitative estimate of drug-likeness (QED) is 0.529. The highest BCUT2D eigenvalue weighted by molar-refractivity contribution is 6.06. The van der Waals surface area contributed by atoms with Crippen LogP contribution in [0.15, 0.2) is 60.9 Å². The molecule has 0 spiro atoms. The number of nitrogens with one attached hydrogen (secondary N) is 1. The minimum absolute atomic E-state index is 0.0498. The number of fused-ring (bicyclic) bond motifs is 1. The normalized spacial score (nSPS) is 13.5. The molecule has 1 aliphatic carbocycles. The van der Waals surface area contributed by atoms with Crippen LogP contribution in [0, 0.1) is 6.92 Å². The number of hydrogen-bond acceptors (Lipinski definition) is 3. The molecule has 2 aromatic heterocycles. The van der Waals surface area contributed by atoms with Gasteiger partial charge >= 0.3 is 0 Å². The van der Waals surface area contributed by atoms with Gasteiger partial charge in [0.25, 0.3) is 5.91 Å². The third-order valence-electron chi connectivity index (χ3n) is 5.67. The van der Waals surface area contributed by atoms with Crippen molar-refractivity contribution in [3.05, 3.63) is 83.3 Å². The standard InChI is InChI=1S/C25H24N4O/c1-16-3-10-23-21(11-16)22(12-24(28-23)19-8-9-19)25(30)26-13-17-4-6-18(7-5-17)20-14-27-29(2)15-20/h3-7,10-12,14-15,19H,8-9,13H2,1-2H3,(H,26,30). The zero-order valence-electron chi connectivity index (χ0n) is 17.2. The molecule has 0 atom stereocenters. The highest BCUT2D eigenvalue weighted by Gasteiger charge is 2.27. The molecule has 1 N–H and O–H groups in total. The minimum atomic E-state index is -0.0498. The van der Waals surface area contributed by atoms with Crippen LogP contribution in [-0.4, -0.2) is 20.7 Å². The van der Waals surface area contributed by atoms with E-state index in [1.165, 1.54) is 0 Å². The molecule has 0 aliphatic heterocycles. The number of aryl methyl sites for hydroxylation is 2. The molecule has 30 heavy (non-hydrogen) atoms. The van der Waals surface area contributed by atoms with Gasteiger partial charge in [0.2, 0.25) is 0 Å². The van der Waals surface area contributed by atoms with E-state index in [1.54, 1.807) is 4.68 Å². The fraction of sp³-hybridized carbons (Fsp3) is 0.240. The van der Waals surface area contributed by atoms with Crippen molar-refractivity contribution in [3.8, 4) is 11.1 Å². The summed E-state index contributed by atoms with van der Waals surface area (Å²) >= 11 is 0. The molecule has 1 saturated carbocycles. The summed E-state index contributed by atoms with van der Waals surface area (Å²) < 4.78 is 1.79. The minimum Gasteiger partial charge on any atom is -0.348 e. The summed E-state index contributed by atoms with van der Waals surface area (Å²) in [6.45, 7) is 2.53. The second-order valence-electron chi connectivity index (χ2n) is 8.17. The maximum Gasteiger partial charge on any atom is 0.252 e. The fourth-order valence-corrected chi connectivity index (χ4v) is 3.80. The number of carbonyl (C=O) groups excluding carboxylic acids is 1. The van der Waals surface area contributed by atoms with Gasteiger partial charge in [0.1, 0.15) is 0 Å². The summed E-state index contributed by atoms with van der Waals surface area (Å²) in [5.41, 5.74) is 7.05. The van der Waals surface area contributed by atoms with Crippen molar-refractivity contribution < 1.29 is 4.79 Å². The molecule has 2 heterocycles. The molecule has 5 heteroatoms. The number of amides is 1. The molecule has 1 fully saturated rings. The van der Waals surface area contributed by atoms with Crippen molar-refractivity contribution in [1.29, 1.82) is 0 Å². The van der Waals surface area contributed by atoms with Crippen LogP contribution in [-0.2, 0) is 13.6 Å². The van der Waals surface area contributed by atoms with Gasteiger partial charge in [0.05, 0.1) is 17.3 Å². The Morgan fingerprint density at radius 2 is 1.90 bits per heavy atom. The van der Waals surface area contributed by atoms with Crippen LogP contribution in [0.1, 0.15) is 45.9 Å². The maximum atomic E-state index is 13.1. The number of hydrogen-bond donors (Lipinski definition) is 1. The molecular formula is C25H24N4O. The van der Waals surface area contributed by atoms with Gasteiger partial charge in [-0.15, -0.1) is 0 Å². The molecule has 1 aliphatic rings.